The van der Waals surface area contributed by atoms with E-state index in [4.69, 9.17) is 17.0 Å². The van der Waals surface area contributed by atoms with Crippen molar-refractivity contribution >= 4 is 34.6 Å². The predicted molar refractivity (Wildman–Crippen MR) is 141 cm³/mol. The summed E-state index contributed by atoms with van der Waals surface area (Å²) in [6.07, 6.45) is 3.71. The van der Waals surface area contributed by atoms with E-state index < -0.39 is 0 Å². The van der Waals surface area contributed by atoms with Gasteiger partial charge >= 0.3 is 0 Å². The van der Waals surface area contributed by atoms with E-state index in [1.54, 1.807) is 18.3 Å². The molecule has 2 atom stereocenters. The fourth-order valence-electron chi connectivity index (χ4n) is 4.44. The van der Waals surface area contributed by atoms with Crippen LogP contribution in [-0.2, 0) is 9.53 Å². The van der Waals surface area contributed by atoms with Crippen LogP contribution in [0.3, 0.4) is 0 Å². The third-order valence-electron chi connectivity index (χ3n) is 5.99. The summed E-state index contributed by atoms with van der Waals surface area (Å²) in [7, 11) is 1.48. The second-order valence-corrected chi connectivity index (χ2v) is 8.69. The van der Waals surface area contributed by atoms with E-state index in [1.165, 1.54) is 19.2 Å². The van der Waals surface area contributed by atoms with Crippen LogP contribution in [0, 0.1) is 5.82 Å². The molecule has 182 valence electrons. The highest BCUT2D eigenvalue weighted by molar-refractivity contribution is 7.80. The van der Waals surface area contributed by atoms with Crippen molar-refractivity contribution < 1.29 is 13.9 Å². The van der Waals surface area contributed by atoms with E-state index in [1.807, 2.05) is 70.3 Å². The molecule has 9 heteroatoms. The smallest absolute Gasteiger partial charge is 0.250 e. The maximum Gasteiger partial charge on any atom is 0.250 e. The van der Waals surface area contributed by atoms with Crippen molar-refractivity contribution in [1.82, 2.24) is 14.9 Å². The van der Waals surface area contributed by atoms with Crippen LogP contribution >= 0.6 is 12.2 Å². The SMILES string of the molecule is COCC(=O)Nc1ccc(N2C(=S)N[C@@H](c3ccccn3)[C@@H]2c2cccn2-c2ccc(F)cc2)cc1. The first-order chi connectivity index (χ1) is 17.5. The molecule has 1 fully saturated rings. The summed E-state index contributed by atoms with van der Waals surface area (Å²) in [6.45, 7) is -0.0178. The van der Waals surface area contributed by atoms with E-state index in [0.717, 1.165) is 22.8 Å². The fraction of sp³-hybridized carbons (Fsp3) is 0.148. The van der Waals surface area contributed by atoms with Crippen LogP contribution in [0.1, 0.15) is 23.5 Å². The Labute approximate surface area is 213 Å². The van der Waals surface area contributed by atoms with Gasteiger partial charge in [0.1, 0.15) is 18.5 Å². The monoisotopic (exact) mass is 501 g/mol. The number of amides is 1. The molecule has 4 aromatic rings. The largest absolute Gasteiger partial charge is 0.375 e. The fourth-order valence-corrected chi connectivity index (χ4v) is 4.78. The Balaban J connectivity index is 1.55. The maximum atomic E-state index is 13.6. The molecule has 1 aliphatic rings. The Morgan fingerprint density at radius 1 is 1.06 bits per heavy atom. The van der Waals surface area contributed by atoms with Crippen molar-refractivity contribution in [2.24, 2.45) is 0 Å². The van der Waals surface area contributed by atoms with Gasteiger partial charge in [-0.15, -0.1) is 0 Å². The van der Waals surface area contributed by atoms with Crippen LogP contribution in [0.25, 0.3) is 5.69 Å². The van der Waals surface area contributed by atoms with Crippen molar-refractivity contribution in [3.05, 3.63) is 108 Å². The number of pyridine rings is 1. The summed E-state index contributed by atoms with van der Waals surface area (Å²) in [6, 6.07) is 23.2. The molecule has 7 nitrogen and oxygen atoms in total. The lowest BCUT2D eigenvalue weighted by atomic mass is 10.0. The number of nitrogens with one attached hydrogen (secondary N) is 2. The number of hydrogen-bond acceptors (Lipinski definition) is 4. The number of hydrogen-bond donors (Lipinski definition) is 2. The quantitative estimate of drug-likeness (QED) is 0.356. The molecule has 2 aromatic carbocycles. The summed E-state index contributed by atoms with van der Waals surface area (Å²) in [4.78, 5) is 18.5. The third kappa shape index (κ3) is 4.71. The lowest BCUT2D eigenvalue weighted by molar-refractivity contribution is -0.119. The number of benzene rings is 2. The van der Waals surface area contributed by atoms with Crippen molar-refractivity contribution in [2.45, 2.75) is 12.1 Å². The first-order valence-electron chi connectivity index (χ1n) is 11.4. The van der Waals surface area contributed by atoms with Gasteiger partial charge in [0.05, 0.1) is 11.7 Å². The molecule has 1 saturated heterocycles. The van der Waals surface area contributed by atoms with Gasteiger partial charge in [0.2, 0.25) is 5.91 Å². The predicted octanol–water partition coefficient (Wildman–Crippen LogP) is 4.77. The van der Waals surface area contributed by atoms with Crippen molar-refractivity contribution in [2.75, 3.05) is 23.9 Å². The highest BCUT2D eigenvalue weighted by atomic mass is 32.1. The van der Waals surface area contributed by atoms with Gasteiger partial charge in [0.25, 0.3) is 0 Å². The Kier molecular flexibility index (Phi) is 6.75. The highest BCUT2D eigenvalue weighted by Gasteiger charge is 2.42. The average molecular weight is 502 g/mol. The van der Waals surface area contributed by atoms with Crippen molar-refractivity contribution in [3.63, 3.8) is 0 Å². The molecule has 3 heterocycles. The molecule has 0 bridgehead atoms. The standard InChI is InChI=1S/C27H24FN5O2S/c1-35-17-24(34)30-19-9-13-21(14-10-19)33-26(25(31-27(33)36)22-5-2-3-15-29-22)23-6-4-16-32(23)20-11-7-18(28)8-12-20/h2-16,25-26H,17H2,1H3,(H,30,34)(H,31,36)/t25-,26-/m0/s1. The number of carbonyl (C=O) groups excluding carboxylic acids is 1. The van der Waals surface area contributed by atoms with Gasteiger partial charge in [-0.2, -0.15) is 0 Å². The van der Waals surface area contributed by atoms with Gasteiger partial charge in [-0.25, -0.2) is 4.39 Å². The molecule has 2 N–H and O–H groups in total. The maximum absolute atomic E-state index is 13.6. The molecule has 1 aliphatic heterocycles. The van der Waals surface area contributed by atoms with Crippen LogP contribution in [-0.4, -0.2) is 34.3 Å². The number of ether oxygens (including phenoxy) is 1. The molecule has 0 saturated carbocycles. The number of nitrogens with zero attached hydrogens (tertiary/aromatic N) is 3. The molecule has 0 aliphatic carbocycles. The van der Waals surface area contributed by atoms with Crippen molar-refractivity contribution in [1.29, 1.82) is 0 Å². The lowest BCUT2D eigenvalue weighted by Crippen LogP contribution is -2.30. The van der Waals surface area contributed by atoms with Gasteiger partial charge in [0.15, 0.2) is 5.11 Å². The van der Waals surface area contributed by atoms with Crippen LogP contribution in [0.15, 0.2) is 91.3 Å². The Morgan fingerprint density at radius 3 is 2.50 bits per heavy atom. The van der Waals surface area contributed by atoms with E-state index >= 15 is 0 Å². The summed E-state index contributed by atoms with van der Waals surface area (Å²) < 4.78 is 20.5. The minimum absolute atomic E-state index is 0.0178. The zero-order valence-electron chi connectivity index (χ0n) is 19.5. The molecule has 0 radical (unpaired) electrons. The number of anilines is 2. The zero-order chi connectivity index (χ0) is 25.1. The van der Waals surface area contributed by atoms with Crippen LogP contribution in [0.4, 0.5) is 15.8 Å². The van der Waals surface area contributed by atoms with E-state index in [-0.39, 0.29) is 30.4 Å². The van der Waals surface area contributed by atoms with Crippen LogP contribution < -0.4 is 15.5 Å². The molecule has 36 heavy (non-hydrogen) atoms. The van der Waals surface area contributed by atoms with Gasteiger partial charge in [-0.1, -0.05) is 6.07 Å². The number of carbonyl (C=O) groups is 1. The number of halogens is 1. The van der Waals surface area contributed by atoms with Gasteiger partial charge in [0, 0.05) is 42.3 Å². The van der Waals surface area contributed by atoms with E-state index in [0.29, 0.717) is 10.8 Å². The molecule has 2 aromatic heterocycles. The minimum atomic E-state index is -0.290. The Hall–Kier alpha value is -4.08. The molecule has 0 unspecified atom stereocenters. The summed E-state index contributed by atoms with van der Waals surface area (Å²) in [5.74, 6) is -0.518. The first kappa shape index (κ1) is 23.7. The number of aromatic nitrogens is 2. The highest BCUT2D eigenvalue weighted by Crippen LogP contribution is 2.42. The molecule has 5 rings (SSSR count). The number of rotatable bonds is 7. The van der Waals surface area contributed by atoms with Gasteiger partial charge in [-0.05, 0) is 85.0 Å². The van der Waals surface area contributed by atoms with Crippen LogP contribution in [0.2, 0.25) is 0 Å². The normalized spacial score (nSPS) is 17.2. The Bertz CT molecular complexity index is 1360. The number of thiocarbonyl (C=S) groups is 1. The van der Waals surface area contributed by atoms with Gasteiger partial charge < -0.3 is 24.8 Å². The van der Waals surface area contributed by atoms with Crippen molar-refractivity contribution in [3.8, 4) is 5.69 Å². The van der Waals surface area contributed by atoms with E-state index in [2.05, 4.69) is 15.6 Å². The summed E-state index contributed by atoms with van der Waals surface area (Å²) in [5.41, 5.74) is 4.16. The molecular weight excluding hydrogens is 477 g/mol. The third-order valence-corrected chi connectivity index (χ3v) is 6.31. The summed E-state index contributed by atoms with van der Waals surface area (Å²) >= 11 is 5.81. The summed E-state index contributed by atoms with van der Waals surface area (Å²) in [5, 5.41) is 6.80. The molecule has 0 spiro atoms. The number of methoxy groups -OCH3 is 1. The van der Waals surface area contributed by atoms with E-state index in [9.17, 15) is 9.18 Å². The minimum Gasteiger partial charge on any atom is -0.375 e. The average Bonchev–Trinajstić information content (AvgIpc) is 3.50. The second-order valence-electron chi connectivity index (χ2n) is 8.30. The molecular formula is C27H24FN5O2S. The lowest BCUT2D eigenvalue weighted by Gasteiger charge is -2.29. The zero-order valence-corrected chi connectivity index (χ0v) is 20.3. The van der Waals surface area contributed by atoms with Gasteiger partial charge in [-0.3, -0.25) is 9.78 Å². The first-order valence-corrected chi connectivity index (χ1v) is 11.8. The second kappa shape index (κ2) is 10.3. The van der Waals surface area contributed by atoms with Crippen LogP contribution in [0.5, 0.6) is 0 Å². The Morgan fingerprint density at radius 2 is 1.81 bits per heavy atom. The molecule has 1 amide bonds. The topological polar surface area (TPSA) is 71.4 Å².